The molecule has 1 atom stereocenters. The van der Waals surface area contributed by atoms with Gasteiger partial charge >= 0.3 is 0 Å². The van der Waals surface area contributed by atoms with Crippen LogP contribution in [0.25, 0.3) is 16.7 Å². The molecule has 4 aromatic rings. The standard InChI is InChI=1S/C26H30N8O2/c1-16-29-20-9-8-18(13-21(20)30-16)31-24(35)15-33-12-4-7-22(33)23-10-11-27-25-19(14-28-34(23)25)26(36)32-17-5-2-3-6-17/h8-11,13-14,17,22H,2-7,12,15H2,1H3,(H,29,30)(H,31,35)(H,32,36). The number of hydrogen-bond donors (Lipinski definition) is 3. The van der Waals surface area contributed by atoms with Crippen LogP contribution >= 0.6 is 0 Å². The van der Waals surface area contributed by atoms with E-state index in [2.05, 4.69) is 35.6 Å². The summed E-state index contributed by atoms with van der Waals surface area (Å²) in [6, 6.07) is 7.87. The molecule has 1 aliphatic heterocycles. The van der Waals surface area contributed by atoms with E-state index < -0.39 is 0 Å². The Kier molecular flexibility index (Phi) is 5.88. The van der Waals surface area contributed by atoms with E-state index in [0.29, 0.717) is 11.2 Å². The van der Waals surface area contributed by atoms with Crippen LogP contribution in [0.3, 0.4) is 0 Å². The van der Waals surface area contributed by atoms with Gasteiger partial charge in [-0.1, -0.05) is 12.8 Å². The highest BCUT2D eigenvalue weighted by atomic mass is 16.2. The van der Waals surface area contributed by atoms with Gasteiger partial charge in [-0.2, -0.15) is 5.10 Å². The maximum absolute atomic E-state index is 12.9. The maximum Gasteiger partial charge on any atom is 0.256 e. The van der Waals surface area contributed by atoms with Crippen molar-refractivity contribution < 1.29 is 9.59 Å². The van der Waals surface area contributed by atoms with E-state index >= 15 is 0 Å². The molecule has 0 bridgehead atoms. The maximum atomic E-state index is 12.9. The van der Waals surface area contributed by atoms with Crippen LogP contribution in [0.15, 0.2) is 36.7 Å². The van der Waals surface area contributed by atoms with Gasteiger partial charge in [0.15, 0.2) is 5.65 Å². The number of anilines is 1. The molecule has 2 amide bonds. The van der Waals surface area contributed by atoms with Crippen LogP contribution in [0, 0.1) is 6.92 Å². The summed E-state index contributed by atoms with van der Waals surface area (Å²) in [5, 5.41) is 10.7. The normalized spacial score (nSPS) is 18.9. The zero-order valence-corrected chi connectivity index (χ0v) is 20.3. The Hall–Kier alpha value is -3.79. The average molecular weight is 487 g/mol. The fourth-order valence-electron chi connectivity index (χ4n) is 5.61. The molecule has 1 unspecified atom stereocenters. The molecule has 1 saturated carbocycles. The number of nitrogens with zero attached hydrogens (tertiary/aromatic N) is 5. The molecule has 6 rings (SSSR count). The third-order valence-corrected chi connectivity index (χ3v) is 7.30. The first-order valence-corrected chi connectivity index (χ1v) is 12.7. The van der Waals surface area contributed by atoms with Gasteiger partial charge in [0.05, 0.1) is 35.5 Å². The summed E-state index contributed by atoms with van der Waals surface area (Å²) in [6.07, 6.45) is 9.60. The van der Waals surface area contributed by atoms with Crippen LogP contribution < -0.4 is 10.6 Å². The van der Waals surface area contributed by atoms with Crippen molar-refractivity contribution in [3.05, 3.63) is 53.7 Å². The molecule has 4 heterocycles. The first-order chi connectivity index (χ1) is 17.5. The number of carbonyl (C=O) groups excluding carboxylic acids is 2. The van der Waals surface area contributed by atoms with E-state index in [1.54, 1.807) is 16.9 Å². The monoisotopic (exact) mass is 486 g/mol. The zero-order chi connectivity index (χ0) is 24.6. The van der Waals surface area contributed by atoms with E-state index in [9.17, 15) is 9.59 Å². The number of likely N-dealkylation sites (tertiary alicyclic amines) is 1. The molecule has 186 valence electrons. The number of imidazole rings is 1. The lowest BCUT2D eigenvalue weighted by atomic mass is 10.1. The predicted molar refractivity (Wildman–Crippen MR) is 136 cm³/mol. The van der Waals surface area contributed by atoms with Gasteiger partial charge in [0.1, 0.15) is 11.4 Å². The minimum atomic E-state index is -0.117. The first kappa shape index (κ1) is 22.7. The minimum absolute atomic E-state index is 0.0182. The second-order valence-corrected chi connectivity index (χ2v) is 9.85. The summed E-state index contributed by atoms with van der Waals surface area (Å²) < 4.78 is 1.76. The Balaban J connectivity index is 1.18. The van der Waals surface area contributed by atoms with Crippen molar-refractivity contribution in [1.29, 1.82) is 0 Å². The number of amides is 2. The van der Waals surface area contributed by atoms with Crippen molar-refractivity contribution in [1.82, 2.24) is 34.8 Å². The molecule has 0 radical (unpaired) electrons. The summed E-state index contributed by atoms with van der Waals surface area (Å²) >= 11 is 0. The summed E-state index contributed by atoms with van der Waals surface area (Å²) in [5.41, 5.74) is 4.51. The zero-order valence-electron chi connectivity index (χ0n) is 20.3. The lowest BCUT2D eigenvalue weighted by molar-refractivity contribution is -0.117. The third kappa shape index (κ3) is 4.32. The van der Waals surface area contributed by atoms with Crippen molar-refractivity contribution in [2.24, 2.45) is 0 Å². The largest absolute Gasteiger partial charge is 0.349 e. The molecule has 1 aliphatic carbocycles. The number of aromatic nitrogens is 5. The number of benzene rings is 1. The summed E-state index contributed by atoms with van der Waals surface area (Å²) in [4.78, 5) is 40.1. The SMILES string of the molecule is Cc1nc2ccc(NC(=O)CN3CCCC3c3ccnc4c(C(=O)NC5CCCC5)cnn34)cc2[nH]1. The Bertz CT molecular complexity index is 1430. The van der Waals surface area contributed by atoms with E-state index in [4.69, 9.17) is 0 Å². The van der Waals surface area contributed by atoms with Gasteiger partial charge in [-0.3, -0.25) is 14.5 Å². The van der Waals surface area contributed by atoms with Crippen LogP contribution in [-0.4, -0.2) is 60.4 Å². The number of hydrogen-bond acceptors (Lipinski definition) is 6. The number of aromatic amines is 1. The van der Waals surface area contributed by atoms with Gasteiger partial charge in [0.25, 0.3) is 5.91 Å². The Morgan fingerprint density at radius 1 is 1.14 bits per heavy atom. The molecule has 2 fully saturated rings. The van der Waals surface area contributed by atoms with Crippen molar-refractivity contribution in [2.75, 3.05) is 18.4 Å². The van der Waals surface area contributed by atoms with Crippen molar-refractivity contribution >= 4 is 34.2 Å². The van der Waals surface area contributed by atoms with Crippen LogP contribution in [0.2, 0.25) is 0 Å². The molecule has 10 heteroatoms. The second-order valence-electron chi connectivity index (χ2n) is 9.85. The molecular weight excluding hydrogens is 456 g/mol. The van der Waals surface area contributed by atoms with Gasteiger partial charge in [0, 0.05) is 17.9 Å². The van der Waals surface area contributed by atoms with Crippen molar-refractivity contribution in [2.45, 2.75) is 57.5 Å². The molecule has 3 N–H and O–H groups in total. The average Bonchev–Trinajstić information content (AvgIpc) is 3.65. The van der Waals surface area contributed by atoms with Gasteiger partial charge in [0.2, 0.25) is 5.91 Å². The molecule has 10 nitrogen and oxygen atoms in total. The topological polar surface area (TPSA) is 120 Å². The number of rotatable bonds is 6. The van der Waals surface area contributed by atoms with Gasteiger partial charge in [-0.15, -0.1) is 0 Å². The van der Waals surface area contributed by atoms with Crippen LogP contribution in [0.4, 0.5) is 5.69 Å². The minimum Gasteiger partial charge on any atom is -0.349 e. The second kappa shape index (κ2) is 9.34. The lowest BCUT2D eigenvalue weighted by Crippen LogP contribution is -2.34. The van der Waals surface area contributed by atoms with Crippen molar-refractivity contribution in [3.8, 4) is 0 Å². The smallest absolute Gasteiger partial charge is 0.256 e. The summed E-state index contributed by atoms with van der Waals surface area (Å²) in [7, 11) is 0. The highest BCUT2D eigenvalue weighted by molar-refractivity contribution is 5.99. The summed E-state index contributed by atoms with van der Waals surface area (Å²) in [6.45, 7) is 2.99. The molecule has 36 heavy (non-hydrogen) atoms. The number of nitrogens with one attached hydrogen (secondary N) is 3. The fourth-order valence-corrected chi connectivity index (χ4v) is 5.61. The highest BCUT2D eigenvalue weighted by Crippen LogP contribution is 2.32. The number of aryl methyl sites for hydroxylation is 1. The van der Waals surface area contributed by atoms with Crippen LogP contribution in [0.5, 0.6) is 0 Å². The molecular formula is C26H30N8O2. The number of H-pyrrole nitrogens is 1. The van der Waals surface area contributed by atoms with Crippen LogP contribution in [-0.2, 0) is 4.79 Å². The Morgan fingerprint density at radius 3 is 2.86 bits per heavy atom. The van der Waals surface area contributed by atoms with Gasteiger partial charge in [-0.25, -0.2) is 14.5 Å². The molecule has 1 aromatic carbocycles. The Morgan fingerprint density at radius 2 is 2.00 bits per heavy atom. The van der Waals surface area contributed by atoms with Gasteiger partial charge < -0.3 is 15.6 Å². The lowest BCUT2D eigenvalue weighted by Gasteiger charge is -2.24. The number of fused-ring (bicyclic) bond motifs is 2. The third-order valence-electron chi connectivity index (χ3n) is 7.30. The first-order valence-electron chi connectivity index (χ1n) is 12.7. The number of carbonyl (C=O) groups is 2. The van der Waals surface area contributed by atoms with E-state index in [-0.39, 0.29) is 30.4 Å². The fraction of sp³-hybridized carbons (Fsp3) is 0.423. The van der Waals surface area contributed by atoms with Crippen LogP contribution in [0.1, 0.15) is 66.4 Å². The molecule has 2 aliphatic rings. The highest BCUT2D eigenvalue weighted by Gasteiger charge is 2.31. The van der Waals surface area contributed by atoms with Crippen molar-refractivity contribution in [3.63, 3.8) is 0 Å². The predicted octanol–water partition coefficient (Wildman–Crippen LogP) is 3.36. The quantitative estimate of drug-likeness (QED) is 0.384. The molecule has 3 aromatic heterocycles. The van der Waals surface area contributed by atoms with E-state index in [1.807, 2.05) is 31.2 Å². The Labute approximate surface area is 208 Å². The van der Waals surface area contributed by atoms with Gasteiger partial charge in [-0.05, 0) is 63.4 Å². The molecule has 1 saturated heterocycles. The summed E-state index contributed by atoms with van der Waals surface area (Å²) in [5.74, 6) is 0.656. The van der Waals surface area contributed by atoms with E-state index in [0.717, 1.165) is 73.3 Å². The van der Waals surface area contributed by atoms with E-state index in [1.165, 1.54) is 0 Å². The molecule has 0 spiro atoms.